The van der Waals surface area contributed by atoms with Crippen LogP contribution in [-0.4, -0.2) is 6.04 Å². The molecule has 2 atom stereocenters. The fourth-order valence-electron chi connectivity index (χ4n) is 9.46. The number of allylic oxidation sites excluding steroid dienone is 2. The molecule has 1 aliphatic heterocycles. The number of anilines is 5. The molecular weight excluding hydrogens is 757 g/mol. The van der Waals surface area contributed by atoms with Gasteiger partial charge in [-0.25, -0.2) is 0 Å². The molecule has 9 aromatic rings. The Labute approximate surface area is 360 Å². The highest BCUT2D eigenvalue weighted by Gasteiger charge is 2.37. The van der Waals surface area contributed by atoms with Crippen LogP contribution >= 0.6 is 10.0 Å². The van der Waals surface area contributed by atoms with Crippen LogP contribution in [0.25, 0.3) is 21.9 Å². The van der Waals surface area contributed by atoms with Crippen LogP contribution in [-0.2, 0) is 0 Å². The average Bonchev–Trinajstić information content (AvgIpc) is 3.67. The largest absolute Gasteiger partial charge is 0.333 e. The van der Waals surface area contributed by atoms with Crippen molar-refractivity contribution in [2.45, 2.75) is 31.5 Å². The van der Waals surface area contributed by atoms with Gasteiger partial charge in [0.1, 0.15) is 0 Å². The Balaban J connectivity index is 1.01. The molecule has 2 nitrogen and oxygen atoms in total. The molecule has 9 aromatic carbocycles. The fourth-order valence-corrected chi connectivity index (χ4v) is 13.3. The number of nitrogens with zero attached hydrogens (tertiary/aromatic N) is 2. The maximum atomic E-state index is 2.51. The van der Waals surface area contributed by atoms with Crippen molar-refractivity contribution in [3.8, 4) is 11.1 Å². The van der Waals surface area contributed by atoms with Gasteiger partial charge in [0.05, 0.1) is 6.04 Å². The SMILES string of the molecule is C1=CC2c3ccc(-c4ccc(N(c5ccc(S(c6ccccc6)(c6ccccc6)c6ccccc6)cc5)c5ccc6ccccc6c5)cc4)cc3N(c3ccccc3)C2C=C1. The Morgan fingerprint density at radius 2 is 0.869 bits per heavy atom. The van der Waals surface area contributed by atoms with E-state index in [2.05, 4.69) is 265 Å². The van der Waals surface area contributed by atoms with Crippen molar-refractivity contribution in [3.05, 3.63) is 260 Å². The molecule has 0 bridgehead atoms. The molecule has 1 heterocycles. The van der Waals surface area contributed by atoms with E-state index in [0.717, 1.165) is 17.1 Å². The molecule has 0 fully saturated rings. The molecule has 61 heavy (non-hydrogen) atoms. The van der Waals surface area contributed by atoms with E-state index in [4.69, 9.17) is 0 Å². The number of benzene rings is 9. The zero-order chi connectivity index (χ0) is 40.6. The average molecular weight is 801 g/mol. The van der Waals surface area contributed by atoms with Gasteiger partial charge < -0.3 is 9.80 Å². The van der Waals surface area contributed by atoms with E-state index in [-0.39, 0.29) is 6.04 Å². The molecule has 0 N–H and O–H groups in total. The van der Waals surface area contributed by atoms with E-state index >= 15 is 0 Å². The Hall–Kier alpha value is -7.33. The number of fused-ring (bicyclic) bond motifs is 4. The lowest BCUT2D eigenvalue weighted by Crippen LogP contribution is -2.28. The molecule has 0 spiro atoms. The predicted molar refractivity (Wildman–Crippen MR) is 257 cm³/mol. The number of hydrogen-bond donors (Lipinski definition) is 0. The van der Waals surface area contributed by atoms with Crippen LogP contribution in [0.2, 0.25) is 0 Å². The maximum absolute atomic E-state index is 2.51. The van der Waals surface area contributed by atoms with Crippen molar-refractivity contribution in [2.75, 3.05) is 9.80 Å². The molecule has 0 radical (unpaired) electrons. The Bertz CT molecular complexity index is 2920. The highest BCUT2D eigenvalue weighted by molar-refractivity contribution is 8.34. The van der Waals surface area contributed by atoms with E-state index < -0.39 is 10.0 Å². The summed E-state index contributed by atoms with van der Waals surface area (Å²) < 4.78 is 0. The van der Waals surface area contributed by atoms with Crippen LogP contribution in [0, 0.1) is 0 Å². The minimum atomic E-state index is -1.81. The van der Waals surface area contributed by atoms with Crippen LogP contribution in [0.3, 0.4) is 0 Å². The normalized spacial score (nSPS) is 15.6. The van der Waals surface area contributed by atoms with Crippen LogP contribution < -0.4 is 9.80 Å². The molecule has 292 valence electrons. The molecule has 1 aliphatic carbocycles. The third kappa shape index (κ3) is 6.46. The van der Waals surface area contributed by atoms with Crippen molar-refractivity contribution in [1.29, 1.82) is 0 Å². The van der Waals surface area contributed by atoms with Crippen molar-refractivity contribution in [1.82, 2.24) is 0 Å². The smallest absolute Gasteiger partial charge is 0.0629 e. The second-order valence-electron chi connectivity index (χ2n) is 15.7. The van der Waals surface area contributed by atoms with Crippen LogP contribution in [0.1, 0.15) is 11.5 Å². The van der Waals surface area contributed by atoms with Gasteiger partial charge in [0.25, 0.3) is 0 Å². The summed E-state index contributed by atoms with van der Waals surface area (Å²) in [5.41, 5.74) is 9.59. The van der Waals surface area contributed by atoms with Gasteiger partial charge in [-0.05, 0) is 131 Å². The van der Waals surface area contributed by atoms with E-state index in [1.165, 1.54) is 58.4 Å². The molecule has 0 saturated carbocycles. The summed E-state index contributed by atoms with van der Waals surface area (Å²) >= 11 is 0. The molecule has 3 heteroatoms. The van der Waals surface area contributed by atoms with E-state index in [1.54, 1.807) is 0 Å². The van der Waals surface area contributed by atoms with Gasteiger partial charge in [0.2, 0.25) is 0 Å². The van der Waals surface area contributed by atoms with Gasteiger partial charge >= 0.3 is 0 Å². The van der Waals surface area contributed by atoms with Crippen LogP contribution in [0.4, 0.5) is 28.4 Å². The summed E-state index contributed by atoms with van der Waals surface area (Å²) in [7, 11) is -1.81. The Kier molecular flexibility index (Phi) is 9.45. The third-order valence-electron chi connectivity index (χ3n) is 12.3. The zero-order valence-electron chi connectivity index (χ0n) is 33.7. The van der Waals surface area contributed by atoms with Crippen molar-refractivity contribution >= 4 is 49.2 Å². The summed E-state index contributed by atoms with van der Waals surface area (Å²) in [6, 6.07) is 85.2. The Morgan fingerprint density at radius 3 is 1.49 bits per heavy atom. The minimum absolute atomic E-state index is 0.266. The quantitative estimate of drug-likeness (QED) is 0.143. The summed E-state index contributed by atoms with van der Waals surface area (Å²) in [5.74, 6) is 0.332. The first-order valence-electron chi connectivity index (χ1n) is 21.1. The molecule has 2 unspecified atom stereocenters. The number of rotatable bonds is 9. The summed E-state index contributed by atoms with van der Waals surface area (Å²) in [6.45, 7) is 0. The minimum Gasteiger partial charge on any atom is -0.333 e. The van der Waals surface area contributed by atoms with Crippen LogP contribution in [0.15, 0.2) is 274 Å². The molecular formula is C58H44N2S. The Morgan fingerprint density at radius 1 is 0.377 bits per heavy atom. The van der Waals surface area contributed by atoms with Crippen molar-refractivity contribution in [3.63, 3.8) is 0 Å². The zero-order valence-corrected chi connectivity index (χ0v) is 34.5. The standard InChI is InChI=1S/C58H44N2S/c1-5-19-47(20-6-1)60-57-28-16-15-27-55(57)56-40-32-46(42-58(56)60)44-29-33-48(34-30-44)59(50-35-31-43-17-13-14-18-45(43)41-50)49-36-38-54(39-37-49)61(51-21-7-2-8-22-51,52-23-9-3-10-24-52)53-25-11-4-12-26-53/h1-42,55,57H. The van der Waals surface area contributed by atoms with Gasteiger partial charge in [-0.15, -0.1) is 10.0 Å². The lowest BCUT2D eigenvalue weighted by Gasteiger charge is -2.42. The molecule has 0 amide bonds. The maximum Gasteiger partial charge on any atom is 0.0629 e. The van der Waals surface area contributed by atoms with E-state index in [9.17, 15) is 0 Å². The summed E-state index contributed by atoms with van der Waals surface area (Å²) in [5, 5.41) is 2.44. The summed E-state index contributed by atoms with van der Waals surface area (Å²) in [4.78, 5) is 10.1. The van der Waals surface area contributed by atoms with Gasteiger partial charge in [0.15, 0.2) is 0 Å². The predicted octanol–water partition coefficient (Wildman–Crippen LogP) is 16.0. The lowest BCUT2D eigenvalue weighted by molar-refractivity contribution is 0.745. The third-order valence-corrected chi connectivity index (χ3v) is 16.2. The molecule has 0 aromatic heterocycles. The first-order valence-corrected chi connectivity index (χ1v) is 22.7. The lowest BCUT2D eigenvalue weighted by atomic mass is 9.90. The summed E-state index contributed by atoms with van der Waals surface area (Å²) in [6.07, 6.45) is 9.06. The monoisotopic (exact) mass is 800 g/mol. The first kappa shape index (κ1) is 36.7. The van der Waals surface area contributed by atoms with Gasteiger partial charge in [-0.2, -0.15) is 0 Å². The van der Waals surface area contributed by atoms with E-state index in [1.807, 2.05) is 0 Å². The van der Waals surface area contributed by atoms with Crippen molar-refractivity contribution in [2.24, 2.45) is 0 Å². The van der Waals surface area contributed by atoms with Crippen LogP contribution in [0.5, 0.6) is 0 Å². The highest BCUT2D eigenvalue weighted by atomic mass is 32.3. The molecule has 0 saturated heterocycles. The van der Waals surface area contributed by atoms with Gasteiger partial charge in [-0.1, -0.05) is 152 Å². The fraction of sp³-hybridized carbons (Fsp3) is 0.0345. The van der Waals surface area contributed by atoms with Gasteiger partial charge in [-0.3, -0.25) is 0 Å². The topological polar surface area (TPSA) is 6.48 Å². The molecule has 11 rings (SSSR count). The second-order valence-corrected chi connectivity index (χ2v) is 18.8. The highest BCUT2D eigenvalue weighted by Crippen LogP contribution is 2.73. The first-order chi connectivity index (χ1) is 30.3. The number of hydrogen-bond acceptors (Lipinski definition) is 2. The second kappa shape index (κ2) is 15.7. The molecule has 2 aliphatic rings. The number of para-hydroxylation sites is 1. The van der Waals surface area contributed by atoms with Gasteiger partial charge in [0, 0.05) is 53.9 Å². The van der Waals surface area contributed by atoms with Crippen molar-refractivity contribution < 1.29 is 0 Å². The van der Waals surface area contributed by atoms with E-state index in [0.29, 0.717) is 5.92 Å².